The summed E-state index contributed by atoms with van der Waals surface area (Å²) in [4.78, 5) is 27.6. The van der Waals surface area contributed by atoms with Crippen LogP contribution in [0.1, 0.15) is 55.6 Å². The number of amides is 2. The van der Waals surface area contributed by atoms with Gasteiger partial charge in [0.2, 0.25) is 5.91 Å². The van der Waals surface area contributed by atoms with Crippen LogP contribution in [0.4, 0.5) is 5.69 Å². The molecule has 0 radical (unpaired) electrons. The van der Waals surface area contributed by atoms with E-state index in [2.05, 4.69) is 23.7 Å². The van der Waals surface area contributed by atoms with E-state index in [1.807, 2.05) is 59.5 Å². The predicted molar refractivity (Wildman–Crippen MR) is 130 cm³/mol. The maximum Gasteiger partial charge on any atom is 0.270 e. The van der Waals surface area contributed by atoms with E-state index < -0.39 is 0 Å². The molecule has 4 rings (SSSR count). The average molecular weight is 432 g/mol. The van der Waals surface area contributed by atoms with Crippen molar-refractivity contribution in [3.05, 3.63) is 65.9 Å². The van der Waals surface area contributed by atoms with Gasteiger partial charge in [0, 0.05) is 42.6 Å². The van der Waals surface area contributed by atoms with Crippen LogP contribution in [0.5, 0.6) is 0 Å². The minimum Gasteiger partial charge on any atom is -0.337 e. The zero-order valence-electron chi connectivity index (χ0n) is 19.1. The number of carbonyl (C=O) groups is 2. The number of hydrogen-bond donors (Lipinski definition) is 1. The van der Waals surface area contributed by atoms with Crippen LogP contribution in [0.15, 0.2) is 54.6 Å². The molecule has 168 valence electrons. The van der Waals surface area contributed by atoms with Crippen molar-refractivity contribution in [1.29, 1.82) is 0 Å². The minimum absolute atomic E-state index is 0.000750. The monoisotopic (exact) mass is 431 g/mol. The second kappa shape index (κ2) is 10.0. The number of rotatable bonds is 8. The first-order valence-electron chi connectivity index (χ1n) is 11.8. The smallest absolute Gasteiger partial charge is 0.270 e. The molecule has 0 unspecified atom stereocenters. The molecule has 1 aliphatic heterocycles. The molecule has 32 heavy (non-hydrogen) atoms. The highest BCUT2D eigenvalue weighted by atomic mass is 16.2. The van der Waals surface area contributed by atoms with E-state index in [0.29, 0.717) is 12.3 Å². The maximum absolute atomic E-state index is 13.2. The van der Waals surface area contributed by atoms with E-state index in [1.165, 1.54) is 0 Å². The molecular formula is C27H33N3O2. The number of benzene rings is 2. The van der Waals surface area contributed by atoms with E-state index >= 15 is 0 Å². The van der Waals surface area contributed by atoms with Gasteiger partial charge in [0.05, 0.1) is 0 Å². The molecule has 2 heterocycles. The van der Waals surface area contributed by atoms with Gasteiger partial charge in [-0.25, -0.2) is 0 Å². The summed E-state index contributed by atoms with van der Waals surface area (Å²) in [5.41, 5.74) is 3.74. The largest absolute Gasteiger partial charge is 0.337 e. The number of aromatic nitrogens is 1. The number of aryl methyl sites for hydroxylation is 2. The molecule has 1 saturated heterocycles. The highest BCUT2D eigenvalue weighted by Gasteiger charge is 2.24. The van der Waals surface area contributed by atoms with Crippen LogP contribution >= 0.6 is 0 Å². The fourth-order valence-corrected chi connectivity index (χ4v) is 4.36. The number of anilines is 1. The van der Waals surface area contributed by atoms with E-state index in [9.17, 15) is 9.59 Å². The molecule has 0 spiro atoms. The Balaban J connectivity index is 1.53. The molecule has 0 atom stereocenters. The molecule has 2 aromatic carbocycles. The summed E-state index contributed by atoms with van der Waals surface area (Å²) in [7, 11) is 0. The molecule has 1 N–H and O–H groups in total. The van der Waals surface area contributed by atoms with E-state index in [-0.39, 0.29) is 11.8 Å². The summed E-state index contributed by atoms with van der Waals surface area (Å²) in [6.45, 7) is 6.91. The second-order valence-corrected chi connectivity index (χ2v) is 9.17. The van der Waals surface area contributed by atoms with Crippen LogP contribution in [0, 0.1) is 5.92 Å². The van der Waals surface area contributed by atoms with Crippen molar-refractivity contribution in [3.63, 3.8) is 0 Å². The van der Waals surface area contributed by atoms with Gasteiger partial charge < -0.3 is 14.8 Å². The van der Waals surface area contributed by atoms with Crippen LogP contribution in [0.25, 0.3) is 10.9 Å². The summed E-state index contributed by atoms with van der Waals surface area (Å²) < 4.78 is 2.16. The topological polar surface area (TPSA) is 54.3 Å². The lowest BCUT2D eigenvalue weighted by Gasteiger charge is -2.18. The van der Waals surface area contributed by atoms with Crippen molar-refractivity contribution >= 4 is 28.4 Å². The zero-order chi connectivity index (χ0) is 22.5. The van der Waals surface area contributed by atoms with E-state index in [0.717, 1.165) is 73.2 Å². The van der Waals surface area contributed by atoms with Gasteiger partial charge in [0.1, 0.15) is 5.69 Å². The predicted octanol–water partition coefficient (Wildman–Crippen LogP) is 5.49. The first-order chi connectivity index (χ1) is 15.5. The second-order valence-electron chi connectivity index (χ2n) is 9.17. The van der Waals surface area contributed by atoms with Crippen LogP contribution in [0.3, 0.4) is 0 Å². The fourth-order valence-electron chi connectivity index (χ4n) is 4.36. The zero-order valence-corrected chi connectivity index (χ0v) is 19.1. The van der Waals surface area contributed by atoms with Crippen LogP contribution in [-0.4, -0.2) is 34.4 Å². The molecular weight excluding hydrogens is 398 g/mol. The molecule has 3 aromatic rings. The number of nitrogens with one attached hydrogen (secondary N) is 1. The van der Waals surface area contributed by atoms with E-state index in [1.54, 1.807) is 0 Å². The third-order valence-corrected chi connectivity index (χ3v) is 6.21. The molecule has 0 saturated carbocycles. The average Bonchev–Trinajstić information content (AvgIpc) is 3.44. The van der Waals surface area contributed by atoms with Crippen molar-refractivity contribution in [2.45, 2.75) is 52.5 Å². The molecule has 1 fully saturated rings. The number of nitrogens with zero attached hydrogens (tertiary/aromatic N) is 2. The molecule has 1 aliphatic rings. The number of likely N-dealkylation sites (tertiary alicyclic amines) is 1. The van der Waals surface area contributed by atoms with Crippen LogP contribution in [0.2, 0.25) is 0 Å². The Labute approximate surface area is 190 Å². The maximum atomic E-state index is 13.2. The lowest BCUT2D eigenvalue weighted by atomic mass is 10.1. The van der Waals surface area contributed by atoms with Crippen LogP contribution < -0.4 is 5.32 Å². The minimum atomic E-state index is 0.000750. The highest BCUT2D eigenvalue weighted by molar-refractivity contribution is 6.00. The first kappa shape index (κ1) is 22.1. The summed E-state index contributed by atoms with van der Waals surface area (Å²) in [6.07, 6.45) is 4.33. The number of carbonyl (C=O) groups excluding carboxylic acids is 2. The van der Waals surface area contributed by atoms with Gasteiger partial charge in [-0.15, -0.1) is 0 Å². The Bertz CT molecular complexity index is 1080. The Morgan fingerprint density at radius 1 is 1.00 bits per heavy atom. The fraction of sp³-hybridized carbons (Fsp3) is 0.407. The molecule has 5 nitrogen and oxygen atoms in total. The molecule has 1 aromatic heterocycles. The van der Waals surface area contributed by atoms with Gasteiger partial charge in [0.25, 0.3) is 5.91 Å². The van der Waals surface area contributed by atoms with Gasteiger partial charge in [0.15, 0.2) is 0 Å². The van der Waals surface area contributed by atoms with Gasteiger partial charge in [-0.3, -0.25) is 9.59 Å². The quantitative estimate of drug-likeness (QED) is 0.512. The summed E-state index contributed by atoms with van der Waals surface area (Å²) >= 11 is 0. The summed E-state index contributed by atoms with van der Waals surface area (Å²) in [5, 5.41) is 4.02. The van der Waals surface area contributed by atoms with Gasteiger partial charge in [-0.05, 0) is 61.4 Å². The van der Waals surface area contributed by atoms with Crippen molar-refractivity contribution in [1.82, 2.24) is 9.47 Å². The Kier molecular flexibility index (Phi) is 6.93. The first-order valence-corrected chi connectivity index (χ1v) is 11.8. The normalized spacial score (nSPS) is 13.8. The molecule has 2 amide bonds. The van der Waals surface area contributed by atoms with Crippen molar-refractivity contribution in [2.24, 2.45) is 5.92 Å². The third-order valence-electron chi connectivity index (χ3n) is 6.21. The van der Waals surface area contributed by atoms with Crippen molar-refractivity contribution in [3.8, 4) is 0 Å². The molecule has 0 aliphatic carbocycles. The van der Waals surface area contributed by atoms with Crippen molar-refractivity contribution < 1.29 is 9.59 Å². The van der Waals surface area contributed by atoms with Crippen LogP contribution in [-0.2, 0) is 17.8 Å². The Morgan fingerprint density at radius 3 is 2.47 bits per heavy atom. The highest BCUT2D eigenvalue weighted by Crippen LogP contribution is 2.26. The molecule has 5 heteroatoms. The Hall–Kier alpha value is -3.08. The van der Waals surface area contributed by atoms with Gasteiger partial charge in [-0.1, -0.05) is 44.2 Å². The lowest BCUT2D eigenvalue weighted by Crippen LogP contribution is -2.29. The third kappa shape index (κ3) is 5.21. The standard InChI is InChI=1S/C27H33N3O2/c1-20(2)14-17-30-24-12-11-23(28-26(31)13-10-21-8-4-3-5-9-21)18-22(24)19-25(30)27(32)29-15-6-7-16-29/h3-5,8-9,11-12,18-20H,6-7,10,13-17H2,1-2H3,(H,28,31). The summed E-state index contributed by atoms with van der Waals surface area (Å²) in [5.74, 6) is 0.682. The molecule has 0 bridgehead atoms. The van der Waals surface area contributed by atoms with Gasteiger partial charge in [-0.2, -0.15) is 0 Å². The Morgan fingerprint density at radius 2 is 1.75 bits per heavy atom. The summed E-state index contributed by atoms with van der Waals surface area (Å²) in [6, 6.07) is 18.0. The van der Waals surface area contributed by atoms with Gasteiger partial charge >= 0.3 is 0 Å². The number of fused-ring (bicyclic) bond motifs is 1. The SMILES string of the molecule is CC(C)CCn1c(C(=O)N2CCCC2)cc2cc(NC(=O)CCc3ccccc3)ccc21. The van der Waals surface area contributed by atoms with E-state index in [4.69, 9.17) is 0 Å². The van der Waals surface area contributed by atoms with Crippen molar-refractivity contribution in [2.75, 3.05) is 18.4 Å². The number of hydrogen-bond acceptors (Lipinski definition) is 2. The lowest BCUT2D eigenvalue weighted by molar-refractivity contribution is -0.116.